The first-order chi connectivity index (χ1) is 8.61. The Balaban J connectivity index is 2.58. The minimum Gasteiger partial charge on any atom is -0.313 e. The van der Waals surface area contributed by atoms with E-state index < -0.39 is 0 Å². The lowest BCUT2D eigenvalue weighted by molar-refractivity contribution is 0.620. The topological polar surface area (TPSA) is 12.0 Å². The summed E-state index contributed by atoms with van der Waals surface area (Å²) in [4.78, 5) is 0. The largest absolute Gasteiger partial charge is 0.313 e. The van der Waals surface area contributed by atoms with E-state index in [0.29, 0.717) is 5.02 Å². The van der Waals surface area contributed by atoms with Crippen LogP contribution in [0.2, 0.25) is 5.02 Å². The molecule has 0 saturated carbocycles. The van der Waals surface area contributed by atoms with E-state index >= 15 is 0 Å². The lowest BCUT2D eigenvalue weighted by atomic mass is 9.95. The van der Waals surface area contributed by atoms with Crippen LogP contribution in [0.3, 0.4) is 0 Å². The van der Waals surface area contributed by atoms with E-state index in [-0.39, 0.29) is 11.9 Å². The Hall–Kier alpha value is -1.38. The predicted molar refractivity (Wildman–Crippen MR) is 74.3 cm³/mol. The van der Waals surface area contributed by atoms with Gasteiger partial charge >= 0.3 is 0 Å². The van der Waals surface area contributed by atoms with Gasteiger partial charge in [-0.25, -0.2) is 4.39 Å². The third kappa shape index (κ3) is 2.71. The fourth-order valence-corrected chi connectivity index (χ4v) is 2.16. The van der Waals surface area contributed by atoms with Crippen LogP contribution in [0.1, 0.15) is 18.5 Å². The Bertz CT molecular complexity index is 554. The summed E-state index contributed by atoms with van der Waals surface area (Å²) >= 11 is 5.99. The molecule has 94 valence electrons. The van der Waals surface area contributed by atoms with E-state index in [0.717, 1.165) is 16.7 Å². The van der Waals surface area contributed by atoms with Gasteiger partial charge in [0.15, 0.2) is 0 Å². The second-order valence-electron chi connectivity index (χ2n) is 4.25. The quantitative estimate of drug-likeness (QED) is 0.864. The highest BCUT2D eigenvalue weighted by molar-refractivity contribution is 6.30. The fraction of sp³-hybridized carbons (Fsp3) is 0.200. The second kappa shape index (κ2) is 5.51. The highest BCUT2D eigenvalue weighted by Crippen LogP contribution is 2.30. The third-order valence-corrected chi connectivity index (χ3v) is 3.29. The van der Waals surface area contributed by atoms with Crippen LogP contribution in [0.4, 0.5) is 4.39 Å². The SMILES string of the molecule is CNC(C)c1ccc(F)cc1-c1cccc(Cl)c1. The van der Waals surface area contributed by atoms with Crippen molar-refractivity contribution in [3.63, 3.8) is 0 Å². The van der Waals surface area contributed by atoms with Crippen LogP contribution < -0.4 is 5.32 Å². The molecule has 0 aromatic heterocycles. The zero-order valence-corrected chi connectivity index (χ0v) is 11.1. The molecule has 3 heteroatoms. The number of nitrogens with one attached hydrogen (secondary N) is 1. The van der Waals surface area contributed by atoms with Crippen molar-refractivity contribution in [3.05, 3.63) is 58.9 Å². The van der Waals surface area contributed by atoms with E-state index in [1.807, 2.05) is 44.3 Å². The van der Waals surface area contributed by atoms with Crippen LogP contribution in [0.15, 0.2) is 42.5 Å². The van der Waals surface area contributed by atoms with E-state index in [4.69, 9.17) is 11.6 Å². The zero-order chi connectivity index (χ0) is 13.1. The van der Waals surface area contributed by atoms with Crippen LogP contribution in [0, 0.1) is 5.82 Å². The monoisotopic (exact) mass is 263 g/mol. The van der Waals surface area contributed by atoms with Gasteiger partial charge in [0, 0.05) is 11.1 Å². The van der Waals surface area contributed by atoms with E-state index in [1.54, 1.807) is 6.07 Å². The van der Waals surface area contributed by atoms with Crippen molar-refractivity contribution < 1.29 is 4.39 Å². The van der Waals surface area contributed by atoms with Gasteiger partial charge in [0.2, 0.25) is 0 Å². The van der Waals surface area contributed by atoms with Gasteiger partial charge in [0.25, 0.3) is 0 Å². The Kier molecular flexibility index (Phi) is 4.00. The first-order valence-electron chi connectivity index (χ1n) is 5.84. The molecule has 2 rings (SSSR count). The summed E-state index contributed by atoms with van der Waals surface area (Å²) in [7, 11) is 1.88. The van der Waals surface area contributed by atoms with E-state index in [9.17, 15) is 4.39 Å². The van der Waals surface area contributed by atoms with Crippen LogP contribution >= 0.6 is 11.6 Å². The minimum absolute atomic E-state index is 0.152. The molecule has 1 N–H and O–H groups in total. The standard InChI is InChI=1S/C15H15ClFN/c1-10(18-2)14-7-6-13(17)9-15(14)11-4-3-5-12(16)8-11/h3-10,18H,1-2H3. The van der Waals surface area contributed by atoms with Gasteiger partial charge in [-0.05, 0) is 54.9 Å². The summed E-state index contributed by atoms with van der Waals surface area (Å²) in [5, 5.41) is 3.82. The highest BCUT2D eigenvalue weighted by Gasteiger charge is 2.11. The molecule has 0 aliphatic rings. The van der Waals surface area contributed by atoms with Gasteiger partial charge in [-0.1, -0.05) is 29.8 Å². The highest BCUT2D eigenvalue weighted by atomic mass is 35.5. The molecule has 18 heavy (non-hydrogen) atoms. The van der Waals surface area contributed by atoms with Crippen LogP contribution in [-0.2, 0) is 0 Å². The first kappa shape index (κ1) is 13.1. The van der Waals surface area contributed by atoms with Crippen molar-refractivity contribution in [2.75, 3.05) is 7.05 Å². The summed E-state index contributed by atoms with van der Waals surface area (Å²) in [6.45, 7) is 2.04. The molecule has 0 radical (unpaired) electrons. The molecule has 1 atom stereocenters. The molecule has 0 aliphatic heterocycles. The van der Waals surface area contributed by atoms with Crippen molar-refractivity contribution in [3.8, 4) is 11.1 Å². The zero-order valence-electron chi connectivity index (χ0n) is 10.4. The molecule has 1 unspecified atom stereocenters. The number of rotatable bonds is 3. The fourth-order valence-electron chi connectivity index (χ4n) is 1.97. The van der Waals surface area contributed by atoms with E-state index in [1.165, 1.54) is 6.07 Å². The maximum absolute atomic E-state index is 13.4. The average molecular weight is 264 g/mol. The van der Waals surface area contributed by atoms with Crippen LogP contribution in [0.25, 0.3) is 11.1 Å². The second-order valence-corrected chi connectivity index (χ2v) is 4.69. The molecule has 0 bridgehead atoms. The molecule has 1 nitrogen and oxygen atoms in total. The Morgan fingerprint density at radius 3 is 2.61 bits per heavy atom. The molecule has 2 aromatic carbocycles. The number of benzene rings is 2. The maximum Gasteiger partial charge on any atom is 0.123 e. The summed E-state index contributed by atoms with van der Waals surface area (Å²) in [5.74, 6) is -0.239. The van der Waals surface area contributed by atoms with Gasteiger partial charge in [0.05, 0.1) is 0 Å². The van der Waals surface area contributed by atoms with E-state index in [2.05, 4.69) is 5.32 Å². The summed E-state index contributed by atoms with van der Waals surface area (Å²) < 4.78 is 13.4. The lowest BCUT2D eigenvalue weighted by Crippen LogP contribution is -2.13. The first-order valence-corrected chi connectivity index (χ1v) is 6.22. The molecule has 0 aliphatic carbocycles. The molecule has 0 spiro atoms. The normalized spacial score (nSPS) is 12.4. The van der Waals surface area contributed by atoms with Gasteiger partial charge in [-0.15, -0.1) is 0 Å². The lowest BCUT2D eigenvalue weighted by Gasteiger charge is -2.16. The summed E-state index contributed by atoms with van der Waals surface area (Å²) in [6, 6.07) is 12.5. The maximum atomic E-state index is 13.4. The third-order valence-electron chi connectivity index (χ3n) is 3.05. The van der Waals surface area contributed by atoms with Crippen molar-refractivity contribution >= 4 is 11.6 Å². The van der Waals surface area contributed by atoms with Crippen molar-refractivity contribution in [1.29, 1.82) is 0 Å². The van der Waals surface area contributed by atoms with Gasteiger partial charge in [0.1, 0.15) is 5.82 Å². The molecule has 2 aromatic rings. The molecular formula is C15H15ClFN. The molecule has 0 saturated heterocycles. The van der Waals surface area contributed by atoms with Crippen LogP contribution in [0.5, 0.6) is 0 Å². The summed E-state index contributed by atoms with van der Waals surface area (Å²) in [5.41, 5.74) is 2.86. The van der Waals surface area contributed by atoms with Crippen molar-refractivity contribution in [2.24, 2.45) is 0 Å². The molecule has 0 fully saturated rings. The smallest absolute Gasteiger partial charge is 0.123 e. The molecular weight excluding hydrogens is 249 g/mol. The van der Waals surface area contributed by atoms with Gasteiger partial charge in [-0.2, -0.15) is 0 Å². The average Bonchev–Trinajstić information content (AvgIpc) is 2.38. The number of halogens is 2. The van der Waals surface area contributed by atoms with Gasteiger partial charge < -0.3 is 5.32 Å². The number of hydrogen-bond donors (Lipinski definition) is 1. The van der Waals surface area contributed by atoms with Crippen molar-refractivity contribution in [1.82, 2.24) is 5.32 Å². The Labute approximate surface area is 112 Å². The van der Waals surface area contributed by atoms with Crippen LogP contribution in [-0.4, -0.2) is 7.05 Å². The predicted octanol–water partition coefficient (Wildman–Crippen LogP) is 4.43. The van der Waals surface area contributed by atoms with Gasteiger partial charge in [-0.3, -0.25) is 0 Å². The molecule has 0 amide bonds. The number of hydrogen-bond acceptors (Lipinski definition) is 1. The summed E-state index contributed by atoms with van der Waals surface area (Å²) in [6.07, 6.45) is 0. The Morgan fingerprint density at radius 2 is 1.94 bits per heavy atom. The molecule has 0 heterocycles. The van der Waals surface area contributed by atoms with Crippen molar-refractivity contribution in [2.45, 2.75) is 13.0 Å². The minimum atomic E-state index is -0.239. The Morgan fingerprint density at radius 1 is 1.17 bits per heavy atom.